The molecule has 4 nitrogen and oxygen atoms in total. The molecule has 0 radical (unpaired) electrons. The summed E-state index contributed by atoms with van der Waals surface area (Å²) in [6.45, 7) is 0. The molecule has 0 saturated carbocycles. The average molecular weight is 448 g/mol. The number of nitrogens with two attached hydrogens (primary N) is 1. The molecule has 0 aliphatic rings. The first-order chi connectivity index (χ1) is 13.2. The third-order valence-electron chi connectivity index (χ3n) is 4.06. The summed E-state index contributed by atoms with van der Waals surface area (Å²) in [4.78, 5) is 0. The molecule has 1 heterocycles. The second-order valence-corrected chi connectivity index (χ2v) is 6.93. The van der Waals surface area contributed by atoms with Crippen LogP contribution in [-0.2, 0) is 11.9 Å². The Balaban J connectivity index is 2.21. The van der Waals surface area contributed by atoms with Gasteiger partial charge in [-0.1, -0.05) is 35.3 Å². The van der Waals surface area contributed by atoms with Gasteiger partial charge in [-0.3, -0.25) is 0 Å². The maximum absolute atomic E-state index is 13.0. The van der Waals surface area contributed by atoms with Crippen molar-refractivity contribution in [3.63, 3.8) is 0 Å². The molecule has 10 heteroatoms. The number of methoxy groups -OCH3 is 1. The van der Waals surface area contributed by atoms with Gasteiger partial charge in [0, 0.05) is 11.3 Å². The van der Waals surface area contributed by atoms with Crippen molar-refractivity contribution in [3.8, 4) is 22.6 Å². The summed E-state index contributed by atoms with van der Waals surface area (Å²) in [5.74, 6) is 1.01. The summed E-state index contributed by atoms with van der Waals surface area (Å²) < 4.78 is 45.4. The molecule has 0 atom stereocenters. The second-order valence-electron chi connectivity index (χ2n) is 5.80. The molecule has 3 rings (SSSR count). The van der Waals surface area contributed by atoms with E-state index in [9.17, 15) is 13.2 Å². The summed E-state index contributed by atoms with van der Waals surface area (Å²) in [7, 11) is 1.53. The average Bonchev–Trinajstić information content (AvgIpc) is 2.96. The Bertz CT molecular complexity index is 1010. The molecule has 0 unspecified atom stereocenters. The molecule has 28 heavy (non-hydrogen) atoms. The van der Waals surface area contributed by atoms with Gasteiger partial charge in [-0.2, -0.15) is 30.9 Å². The van der Waals surface area contributed by atoms with Crippen LogP contribution in [0.4, 0.5) is 19.0 Å². The highest BCUT2D eigenvalue weighted by Crippen LogP contribution is 2.40. The Hall–Kier alpha value is -2.03. The number of thiol groups is 1. The van der Waals surface area contributed by atoms with E-state index in [1.165, 1.54) is 11.8 Å². The van der Waals surface area contributed by atoms with Crippen LogP contribution in [0.3, 0.4) is 0 Å². The van der Waals surface area contributed by atoms with E-state index in [0.29, 0.717) is 22.6 Å². The minimum Gasteiger partial charge on any atom is -0.497 e. The third kappa shape index (κ3) is 3.76. The first-order valence-electron chi connectivity index (χ1n) is 7.86. The topological polar surface area (TPSA) is 53.1 Å². The number of hydrogen-bond acceptors (Lipinski definition) is 4. The summed E-state index contributed by atoms with van der Waals surface area (Å²) in [5.41, 5.74) is 7.18. The first kappa shape index (κ1) is 20.7. The number of alkyl halides is 3. The van der Waals surface area contributed by atoms with Gasteiger partial charge in [0.1, 0.15) is 17.3 Å². The van der Waals surface area contributed by atoms with Gasteiger partial charge in [-0.25, -0.2) is 4.68 Å². The fourth-order valence-corrected chi connectivity index (χ4v) is 3.65. The zero-order chi connectivity index (χ0) is 20.6. The largest absolute Gasteiger partial charge is 0.497 e. The zero-order valence-corrected chi connectivity index (χ0v) is 16.8. The van der Waals surface area contributed by atoms with Crippen LogP contribution in [0.15, 0.2) is 36.4 Å². The van der Waals surface area contributed by atoms with Crippen molar-refractivity contribution in [3.05, 3.63) is 57.7 Å². The lowest BCUT2D eigenvalue weighted by Crippen LogP contribution is -2.08. The molecular weight excluding hydrogens is 434 g/mol. The van der Waals surface area contributed by atoms with Crippen molar-refractivity contribution in [2.75, 3.05) is 12.8 Å². The molecule has 0 bridgehead atoms. The minimum absolute atomic E-state index is 0.0611. The van der Waals surface area contributed by atoms with Crippen LogP contribution in [0.25, 0.3) is 16.8 Å². The third-order valence-corrected chi connectivity index (χ3v) is 4.93. The molecule has 3 aromatic rings. The predicted molar refractivity (Wildman–Crippen MR) is 108 cm³/mol. The molecule has 2 N–H and O–H groups in total. The fourth-order valence-electron chi connectivity index (χ4n) is 2.78. The molecule has 0 spiro atoms. The van der Waals surface area contributed by atoms with E-state index in [2.05, 4.69) is 17.7 Å². The lowest BCUT2D eigenvalue weighted by molar-refractivity contribution is -0.137. The van der Waals surface area contributed by atoms with Crippen molar-refractivity contribution in [1.82, 2.24) is 9.78 Å². The van der Waals surface area contributed by atoms with E-state index in [4.69, 9.17) is 33.7 Å². The van der Waals surface area contributed by atoms with E-state index >= 15 is 0 Å². The highest BCUT2D eigenvalue weighted by atomic mass is 35.5. The Kier molecular flexibility index (Phi) is 5.74. The van der Waals surface area contributed by atoms with Gasteiger partial charge in [0.25, 0.3) is 0 Å². The number of anilines is 1. The Morgan fingerprint density at radius 3 is 2.36 bits per heavy atom. The molecule has 0 saturated heterocycles. The zero-order valence-electron chi connectivity index (χ0n) is 14.4. The fraction of sp³-hybridized carbons (Fsp3) is 0.167. The van der Waals surface area contributed by atoms with Gasteiger partial charge in [-0.05, 0) is 29.8 Å². The summed E-state index contributed by atoms with van der Waals surface area (Å²) >= 11 is 16.5. The van der Waals surface area contributed by atoms with Crippen LogP contribution in [-0.4, -0.2) is 16.9 Å². The molecule has 1 aromatic heterocycles. The summed E-state index contributed by atoms with van der Waals surface area (Å²) in [6.07, 6.45) is -4.58. The second kappa shape index (κ2) is 7.77. The first-order valence-corrected chi connectivity index (χ1v) is 9.25. The standard InChI is InChI=1S/C18H14Cl2F3N3OS/c1-27-11-4-2-3-9(5-11)15-14(8-28)25-26(17(15)24)16-12(19)6-10(7-13(16)20)18(21,22)23/h2-7,28H,8,24H2,1H3. The molecular formula is C18H14Cl2F3N3OS. The highest BCUT2D eigenvalue weighted by molar-refractivity contribution is 7.79. The van der Waals surface area contributed by atoms with E-state index in [1.807, 2.05) is 6.07 Å². The number of benzene rings is 2. The summed E-state index contributed by atoms with van der Waals surface area (Å²) in [5, 5.41) is 3.92. The van der Waals surface area contributed by atoms with Crippen LogP contribution in [0.5, 0.6) is 5.75 Å². The molecule has 0 fully saturated rings. The van der Waals surface area contributed by atoms with Gasteiger partial charge in [0.15, 0.2) is 0 Å². The van der Waals surface area contributed by atoms with Crippen molar-refractivity contribution in [2.24, 2.45) is 0 Å². The van der Waals surface area contributed by atoms with Crippen molar-refractivity contribution in [2.45, 2.75) is 11.9 Å². The number of nitrogen functional groups attached to an aromatic ring is 1. The SMILES string of the molecule is COc1cccc(-c2c(CS)nn(-c3c(Cl)cc(C(F)(F)F)cc3Cl)c2N)c1. The monoisotopic (exact) mass is 447 g/mol. The molecule has 0 amide bonds. The minimum atomic E-state index is -4.58. The van der Waals surface area contributed by atoms with Crippen LogP contribution >= 0.6 is 35.8 Å². The lowest BCUT2D eigenvalue weighted by Gasteiger charge is -2.13. The predicted octanol–water partition coefficient (Wildman–Crippen LogP) is 5.89. The Morgan fingerprint density at radius 2 is 1.82 bits per heavy atom. The Morgan fingerprint density at radius 1 is 1.18 bits per heavy atom. The smallest absolute Gasteiger partial charge is 0.416 e. The van der Waals surface area contributed by atoms with Crippen LogP contribution < -0.4 is 10.5 Å². The van der Waals surface area contributed by atoms with E-state index in [-0.39, 0.29) is 27.3 Å². The number of ether oxygens (including phenoxy) is 1. The Labute approximate surface area is 174 Å². The maximum Gasteiger partial charge on any atom is 0.416 e. The normalized spacial score (nSPS) is 11.7. The van der Waals surface area contributed by atoms with E-state index in [0.717, 1.165) is 12.1 Å². The number of nitrogens with zero attached hydrogens (tertiary/aromatic N) is 2. The van der Waals surface area contributed by atoms with Gasteiger partial charge >= 0.3 is 6.18 Å². The molecule has 0 aliphatic heterocycles. The lowest BCUT2D eigenvalue weighted by atomic mass is 10.1. The van der Waals surface area contributed by atoms with E-state index < -0.39 is 11.7 Å². The quantitative estimate of drug-likeness (QED) is 0.490. The van der Waals surface area contributed by atoms with Crippen molar-refractivity contribution in [1.29, 1.82) is 0 Å². The van der Waals surface area contributed by atoms with Gasteiger partial charge in [-0.15, -0.1) is 0 Å². The maximum atomic E-state index is 13.0. The van der Waals surface area contributed by atoms with Crippen molar-refractivity contribution < 1.29 is 17.9 Å². The number of rotatable bonds is 4. The number of hydrogen-bond donors (Lipinski definition) is 2. The highest BCUT2D eigenvalue weighted by Gasteiger charge is 2.32. The van der Waals surface area contributed by atoms with Gasteiger partial charge in [0.2, 0.25) is 0 Å². The van der Waals surface area contributed by atoms with Crippen molar-refractivity contribution >= 4 is 41.6 Å². The number of aromatic nitrogens is 2. The van der Waals surface area contributed by atoms with Crippen LogP contribution in [0.2, 0.25) is 10.0 Å². The van der Waals surface area contributed by atoms with Crippen LogP contribution in [0, 0.1) is 0 Å². The molecule has 0 aliphatic carbocycles. The number of halogens is 5. The molecule has 148 valence electrons. The van der Waals surface area contributed by atoms with Gasteiger partial charge < -0.3 is 10.5 Å². The molecule has 2 aromatic carbocycles. The van der Waals surface area contributed by atoms with E-state index in [1.54, 1.807) is 18.2 Å². The van der Waals surface area contributed by atoms with Gasteiger partial charge in [0.05, 0.1) is 28.4 Å². The van der Waals surface area contributed by atoms with Crippen LogP contribution in [0.1, 0.15) is 11.3 Å². The summed E-state index contributed by atoms with van der Waals surface area (Å²) in [6, 6.07) is 8.70.